The highest BCUT2D eigenvalue weighted by molar-refractivity contribution is 5.95. The quantitative estimate of drug-likeness (QED) is 0.434. The minimum Gasteiger partial charge on any atom is -0.477 e. The first-order valence-corrected chi connectivity index (χ1v) is 6.79. The topological polar surface area (TPSA) is 95.7 Å². The normalized spacial score (nSPS) is 10.9. The van der Waals surface area contributed by atoms with Gasteiger partial charge in [0, 0.05) is 12.6 Å². The molecule has 1 aromatic rings. The molecule has 0 saturated carbocycles. The van der Waals surface area contributed by atoms with Crippen molar-refractivity contribution >= 4 is 17.3 Å². The third kappa shape index (κ3) is 4.71. The number of aromatic carboxylic acids is 1. The first-order valence-electron chi connectivity index (χ1n) is 6.79. The molecule has 0 aliphatic rings. The fraction of sp³-hybridized carbons (Fsp3) is 0.500. The van der Waals surface area contributed by atoms with Gasteiger partial charge in [-0.05, 0) is 46.0 Å². The van der Waals surface area contributed by atoms with E-state index in [1.807, 2.05) is 7.05 Å². The van der Waals surface area contributed by atoms with E-state index in [1.54, 1.807) is 0 Å². The number of carboxylic acids is 1. The summed E-state index contributed by atoms with van der Waals surface area (Å²) in [5.74, 6) is -1.30. The summed E-state index contributed by atoms with van der Waals surface area (Å²) in [6.07, 6.45) is 0.809. The lowest BCUT2D eigenvalue weighted by molar-refractivity contribution is -0.384. The number of nitrogens with one attached hydrogen (secondary N) is 1. The smallest absolute Gasteiger partial charge is 0.342 e. The monoisotopic (exact) mass is 295 g/mol. The van der Waals surface area contributed by atoms with E-state index in [-0.39, 0.29) is 16.9 Å². The zero-order valence-corrected chi connectivity index (χ0v) is 12.5. The van der Waals surface area contributed by atoms with Crippen LogP contribution in [0.1, 0.15) is 30.6 Å². The summed E-state index contributed by atoms with van der Waals surface area (Å²) in [7, 11) is 2.01. The minimum absolute atomic E-state index is 0.243. The van der Waals surface area contributed by atoms with Crippen LogP contribution in [0.25, 0.3) is 0 Å². The summed E-state index contributed by atoms with van der Waals surface area (Å²) in [4.78, 5) is 23.6. The number of hydrogen-bond donors (Lipinski definition) is 2. The Bertz CT molecular complexity index is 517. The summed E-state index contributed by atoms with van der Waals surface area (Å²) < 4.78 is 0. The van der Waals surface area contributed by atoms with Crippen LogP contribution in [-0.2, 0) is 0 Å². The highest BCUT2D eigenvalue weighted by Gasteiger charge is 2.23. The first kappa shape index (κ1) is 16.9. The molecule has 2 N–H and O–H groups in total. The Morgan fingerprint density at radius 1 is 1.48 bits per heavy atom. The molecule has 21 heavy (non-hydrogen) atoms. The molecule has 0 heterocycles. The number of nitro benzene ring substituents is 1. The third-order valence-corrected chi connectivity index (χ3v) is 3.33. The maximum Gasteiger partial charge on any atom is 0.342 e. The van der Waals surface area contributed by atoms with Gasteiger partial charge in [0.25, 0.3) is 0 Å². The number of benzene rings is 1. The van der Waals surface area contributed by atoms with Crippen molar-refractivity contribution in [3.63, 3.8) is 0 Å². The van der Waals surface area contributed by atoms with Crippen molar-refractivity contribution in [1.82, 2.24) is 4.90 Å². The molecule has 0 radical (unpaired) electrons. The Labute approximate surface area is 123 Å². The fourth-order valence-electron chi connectivity index (χ4n) is 1.87. The van der Waals surface area contributed by atoms with Gasteiger partial charge in [-0.15, -0.1) is 0 Å². The van der Waals surface area contributed by atoms with Gasteiger partial charge in [0.05, 0.1) is 4.92 Å². The van der Waals surface area contributed by atoms with Crippen LogP contribution in [0, 0.1) is 10.1 Å². The van der Waals surface area contributed by atoms with Gasteiger partial charge in [0.1, 0.15) is 11.3 Å². The Morgan fingerprint density at radius 3 is 2.67 bits per heavy atom. The van der Waals surface area contributed by atoms with Crippen molar-refractivity contribution in [3.8, 4) is 0 Å². The lowest BCUT2D eigenvalue weighted by atomic mass is 10.1. The van der Waals surface area contributed by atoms with Crippen LogP contribution >= 0.6 is 0 Å². The van der Waals surface area contributed by atoms with Crippen molar-refractivity contribution in [3.05, 3.63) is 33.9 Å². The third-order valence-electron chi connectivity index (χ3n) is 3.33. The molecule has 7 nitrogen and oxygen atoms in total. The van der Waals surface area contributed by atoms with E-state index in [9.17, 15) is 14.9 Å². The molecule has 1 rings (SSSR count). The van der Waals surface area contributed by atoms with Crippen LogP contribution in [0.3, 0.4) is 0 Å². The molecule has 0 spiro atoms. The Balaban J connectivity index is 2.73. The van der Waals surface area contributed by atoms with Crippen LogP contribution in [0.2, 0.25) is 0 Å². The number of rotatable bonds is 8. The lowest BCUT2D eigenvalue weighted by Gasteiger charge is -2.20. The molecule has 0 fully saturated rings. The van der Waals surface area contributed by atoms with Crippen LogP contribution in [0.5, 0.6) is 0 Å². The van der Waals surface area contributed by atoms with Gasteiger partial charge in [0.2, 0.25) is 0 Å². The van der Waals surface area contributed by atoms with Crippen molar-refractivity contribution in [2.24, 2.45) is 0 Å². The predicted molar refractivity (Wildman–Crippen MR) is 80.9 cm³/mol. The molecule has 0 amide bonds. The van der Waals surface area contributed by atoms with E-state index < -0.39 is 10.9 Å². The molecule has 0 aliphatic heterocycles. The van der Waals surface area contributed by atoms with Gasteiger partial charge in [-0.25, -0.2) is 4.79 Å². The molecule has 0 unspecified atom stereocenters. The van der Waals surface area contributed by atoms with Crippen molar-refractivity contribution in [2.75, 3.05) is 25.5 Å². The average Bonchev–Trinajstić information content (AvgIpc) is 2.42. The molecule has 1 aromatic carbocycles. The molecular formula is C14H21N3O4. The zero-order valence-electron chi connectivity index (χ0n) is 12.5. The summed E-state index contributed by atoms with van der Waals surface area (Å²) in [5.41, 5.74) is -0.446. The van der Waals surface area contributed by atoms with Crippen LogP contribution < -0.4 is 5.32 Å². The van der Waals surface area contributed by atoms with Gasteiger partial charge < -0.3 is 15.3 Å². The Morgan fingerprint density at radius 2 is 2.14 bits per heavy atom. The van der Waals surface area contributed by atoms with Gasteiger partial charge in [-0.2, -0.15) is 0 Å². The molecule has 0 saturated heterocycles. The van der Waals surface area contributed by atoms with E-state index in [2.05, 4.69) is 24.1 Å². The number of carboxylic acid groups (broad SMARTS) is 1. The molecule has 0 atom stereocenters. The maximum atomic E-state index is 11.1. The standard InChI is InChI=1S/C14H21N3O4/c1-10(2)16(3)9-5-8-15-12-7-4-6-11(14(18)19)13(12)17(20)21/h4,6-7,10,15H,5,8-9H2,1-3H3,(H,18,19). The van der Waals surface area contributed by atoms with Gasteiger partial charge in [-0.3, -0.25) is 10.1 Å². The van der Waals surface area contributed by atoms with Crippen molar-refractivity contribution in [2.45, 2.75) is 26.3 Å². The summed E-state index contributed by atoms with van der Waals surface area (Å²) >= 11 is 0. The van der Waals surface area contributed by atoms with Gasteiger partial charge in [0.15, 0.2) is 0 Å². The number of anilines is 1. The van der Waals surface area contributed by atoms with E-state index >= 15 is 0 Å². The first-order chi connectivity index (χ1) is 9.84. The van der Waals surface area contributed by atoms with Crippen LogP contribution in [0.4, 0.5) is 11.4 Å². The molecule has 7 heteroatoms. The van der Waals surface area contributed by atoms with E-state index in [4.69, 9.17) is 5.11 Å². The Kier molecular flexibility index (Phi) is 6.10. The maximum absolute atomic E-state index is 11.1. The Hall–Kier alpha value is -2.15. The predicted octanol–water partition coefficient (Wildman–Crippen LogP) is 2.44. The van der Waals surface area contributed by atoms with E-state index in [1.165, 1.54) is 18.2 Å². The SMILES string of the molecule is CC(C)N(C)CCCNc1cccc(C(=O)O)c1[N+](=O)[O-]. The van der Waals surface area contributed by atoms with Crippen molar-refractivity contribution < 1.29 is 14.8 Å². The number of para-hydroxylation sites is 1. The van der Waals surface area contributed by atoms with E-state index in [0.717, 1.165) is 13.0 Å². The molecular weight excluding hydrogens is 274 g/mol. The highest BCUT2D eigenvalue weighted by Crippen LogP contribution is 2.28. The molecule has 0 bridgehead atoms. The molecule has 116 valence electrons. The largest absolute Gasteiger partial charge is 0.477 e. The second kappa shape index (κ2) is 7.58. The van der Waals surface area contributed by atoms with Crippen molar-refractivity contribution in [1.29, 1.82) is 0 Å². The molecule has 0 aliphatic carbocycles. The average molecular weight is 295 g/mol. The van der Waals surface area contributed by atoms with Crippen LogP contribution in [0.15, 0.2) is 18.2 Å². The zero-order chi connectivity index (χ0) is 16.0. The number of nitrogens with zero attached hydrogens (tertiary/aromatic N) is 2. The summed E-state index contributed by atoms with van der Waals surface area (Å²) in [5, 5.41) is 23.0. The fourth-order valence-corrected chi connectivity index (χ4v) is 1.87. The second-order valence-corrected chi connectivity index (χ2v) is 5.12. The highest BCUT2D eigenvalue weighted by atomic mass is 16.6. The van der Waals surface area contributed by atoms with Crippen LogP contribution in [-0.4, -0.2) is 47.1 Å². The van der Waals surface area contributed by atoms with Gasteiger partial charge >= 0.3 is 11.7 Å². The number of hydrogen-bond acceptors (Lipinski definition) is 5. The minimum atomic E-state index is -1.30. The number of nitro groups is 1. The van der Waals surface area contributed by atoms with Gasteiger partial charge in [-0.1, -0.05) is 6.07 Å². The summed E-state index contributed by atoms with van der Waals surface area (Å²) in [6, 6.07) is 4.70. The number of carbonyl (C=O) groups is 1. The second-order valence-electron chi connectivity index (χ2n) is 5.12. The molecule has 0 aromatic heterocycles. The lowest BCUT2D eigenvalue weighted by Crippen LogP contribution is -2.28. The van der Waals surface area contributed by atoms with E-state index in [0.29, 0.717) is 12.6 Å². The summed E-state index contributed by atoms with van der Waals surface area (Å²) in [6.45, 7) is 5.58.